The van der Waals surface area contributed by atoms with Crippen molar-refractivity contribution in [1.82, 2.24) is 4.98 Å². The van der Waals surface area contributed by atoms with Crippen molar-refractivity contribution >= 4 is 27.5 Å². The van der Waals surface area contributed by atoms with Gasteiger partial charge in [0.15, 0.2) is 0 Å². The van der Waals surface area contributed by atoms with Crippen molar-refractivity contribution in [2.75, 3.05) is 5.32 Å². The first-order valence-corrected chi connectivity index (χ1v) is 6.36. The number of carbonyl (C=O) groups excluding carboxylic acids is 1. The summed E-state index contributed by atoms with van der Waals surface area (Å²) in [6.07, 6.45) is 1.68. The smallest absolute Gasteiger partial charge is 0.274 e. The molecule has 0 aliphatic rings. The molecular weight excluding hydrogens is 292 g/mol. The molecule has 0 aliphatic heterocycles. The van der Waals surface area contributed by atoms with Gasteiger partial charge in [0.1, 0.15) is 5.69 Å². The number of pyridine rings is 1. The first-order chi connectivity index (χ1) is 8.58. The number of hydrogen-bond donors (Lipinski definition) is 1. The molecule has 92 valence electrons. The second-order valence-corrected chi connectivity index (χ2v) is 4.94. The lowest BCUT2D eigenvalue weighted by molar-refractivity contribution is 0.102. The third-order valence-corrected chi connectivity index (χ3v) is 3.52. The number of rotatable bonds is 2. The van der Waals surface area contributed by atoms with Gasteiger partial charge < -0.3 is 5.32 Å². The largest absolute Gasteiger partial charge is 0.320 e. The summed E-state index contributed by atoms with van der Waals surface area (Å²) in [5.41, 5.74) is 3.24. The van der Waals surface area contributed by atoms with Crippen LogP contribution < -0.4 is 5.32 Å². The van der Waals surface area contributed by atoms with Gasteiger partial charge in [0.25, 0.3) is 5.91 Å². The quantitative estimate of drug-likeness (QED) is 0.919. The third-order valence-electron chi connectivity index (χ3n) is 2.66. The van der Waals surface area contributed by atoms with Crippen LogP contribution in [0.25, 0.3) is 0 Å². The number of aromatic nitrogens is 1. The Bertz CT molecular complexity index is 579. The van der Waals surface area contributed by atoms with Crippen molar-refractivity contribution in [2.24, 2.45) is 0 Å². The first kappa shape index (κ1) is 12.8. The van der Waals surface area contributed by atoms with Gasteiger partial charge in [0.2, 0.25) is 0 Å². The van der Waals surface area contributed by atoms with E-state index in [0.29, 0.717) is 5.69 Å². The summed E-state index contributed by atoms with van der Waals surface area (Å²) in [7, 11) is 0. The Morgan fingerprint density at radius 1 is 1.22 bits per heavy atom. The standard InChI is InChI=1S/C14H13BrN2O/c1-9-6-7-13(16-8-9)14(18)17-12-5-3-4-11(15)10(12)2/h3-8H,1-2H3,(H,17,18). The lowest BCUT2D eigenvalue weighted by Gasteiger charge is -2.09. The SMILES string of the molecule is Cc1ccc(C(=O)Nc2cccc(Br)c2C)nc1. The summed E-state index contributed by atoms with van der Waals surface area (Å²) >= 11 is 3.43. The summed E-state index contributed by atoms with van der Waals surface area (Å²) < 4.78 is 0.970. The molecule has 0 aliphatic carbocycles. The molecule has 0 radical (unpaired) electrons. The molecule has 0 bridgehead atoms. The molecule has 0 atom stereocenters. The number of nitrogens with zero attached hydrogens (tertiary/aromatic N) is 1. The second kappa shape index (κ2) is 5.31. The Kier molecular flexibility index (Phi) is 3.77. The Balaban J connectivity index is 2.21. The normalized spacial score (nSPS) is 10.2. The van der Waals surface area contributed by atoms with Crippen LogP contribution in [0.15, 0.2) is 41.0 Å². The summed E-state index contributed by atoms with van der Waals surface area (Å²) in [5.74, 6) is -0.198. The van der Waals surface area contributed by atoms with Crippen LogP contribution in [-0.4, -0.2) is 10.9 Å². The molecule has 0 spiro atoms. The summed E-state index contributed by atoms with van der Waals surface area (Å²) in [5, 5.41) is 2.86. The molecule has 4 heteroatoms. The fraction of sp³-hybridized carbons (Fsp3) is 0.143. The van der Waals surface area contributed by atoms with E-state index < -0.39 is 0 Å². The number of amides is 1. The highest BCUT2D eigenvalue weighted by Crippen LogP contribution is 2.23. The number of aryl methyl sites for hydroxylation is 1. The second-order valence-electron chi connectivity index (χ2n) is 4.09. The maximum Gasteiger partial charge on any atom is 0.274 e. The van der Waals surface area contributed by atoms with E-state index in [4.69, 9.17) is 0 Å². The molecule has 1 aromatic carbocycles. The van der Waals surface area contributed by atoms with E-state index in [1.54, 1.807) is 12.3 Å². The van der Waals surface area contributed by atoms with E-state index in [2.05, 4.69) is 26.2 Å². The number of carbonyl (C=O) groups is 1. The van der Waals surface area contributed by atoms with Crippen LogP contribution in [0, 0.1) is 13.8 Å². The van der Waals surface area contributed by atoms with Crippen molar-refractivity contribution in [1.29, 1.82) is 0 Å². The Morgan fingerprint density at radius 3 is 2.67 bits per heavy atom. The van der Waals surface area contributed by atoms with Crippen molar-refractivity contribution in [3.8, 4) is 0 Å². The highest BCUT2D eigenvalue weighted by molar-refractivity contribution is 9.10. The fourth-order valence-corrected chi connectivity index (χ4v) is 1.90. The van der Waals surface area contributed by atoms with Gasteiger partial charge >= 0.3 is 0 Å². The van der Waals surface area contributed by atoms with E-state index in [0.717, 1.165) is 21.3 Å². The Hall–Kier alpha value is -1.68. The summed E-state index contributed by atoms with van der Waals surface area (Å²) in [6, 6.07) is 9.28. The van der Waals surface area contributed by atoms with Gasteiger partial charge in [-0.2, -0.15) is 0 Å². The molecule has 0 saturated heterocycles. The van der Waals surface area contributed by atoms with E-state index in [1.807, 2.05) is 38.1 Å². The molecule has 18 heavy (non-hydrogen) atoms. The monoisotopic (exact) mass is 304 g/mol. The Labute approximate surface area is 114 Å². The molecule has 1 heterocycles. The third kappa shape index (κ3) is 2.76. The van der Waals surface area contributed by atoms with Crippen molar-refractivity contribution in [3.05, 3.63) is 57.8 Å². The van der Waals surface area contributed by atoms with Gasteiger partial charge in [-0.1, -0.05) is 28.1 Å². The summed E-state index contributed by atoms with van der Waals surface area (Å²) in [4.78, 5) is 16.1. The molecule has 0 saturated carbocycles. The minimum Gasteiger partial charge on any atom is -0.320 e. The molecule has 1 N–H and O–H groups in total. The Morgan fingerprint density at radius 2 is 2.00 bits per heavy atom. The minimum absolute atomic E-state index is 0.198. The van der Waals surface area contributed by atoms with E-state index in [-0.39, 0.29) is 5.91 Å². The van der Waals surface area contributed by atoms with Gasteiger partial charge in [-0.05, 0) is 43.2 Å². The van der Waals surface area contributed by atoms with E-state index in [9.17, 15) is 4.79 Å². The van der Waals surface area contributed by atoms with Gasteiger partial charge in [0, 0.05) is 16.4 Å². The highest BCUT2D eigenvalue weighted by atomic mass is 79.9. The number of anilines is 1. The van der Waals surface area contributed by atoms with Crippen LogP contribution in [0.3, 0.4) is 0 Å². The molecule has 0 unspecified atom stereocenters. The predicted octanol–water partition coefficient (Wildman–Crippen LogP) is 3.71. The summed E-state index contributed by atoms with van der Waals surface area (Å²) in [6.45, 7) is 3.88. The van der Waals surface area contributed by atoms with Crippen molar-refractivity contribution in [2.45, 2.75) is 13.8 Å². The molecule has 2 aromatic rings. The zero-order valence-corrected chi connectivity index (χ0v) is 11.8. The van der Waals surface area contributed by atoms with Gasteiger partial charge in [-0.25, -0.2) is 0 Å². The van der Waals surface area contributed by atoms with Crippen LogP contribution in [0.2, 0.25) is 0 Å². The van der Waals surface area contributed by atoms with E-state index >= 15 is 0 Å². The highest BCUT2D eigenvalue weighted by Gasteiger charge is 2.09. The first-order valence-electron chi connectivity index (χ1n) is 5.57. The number of halogens is 1. The fourth-order valence-electron chi connectivity index (χ4n) is 1.53. The lowest BCUT2D eigenvalue weighted by Crippen LogP contribution is -2.14. The zero-order chi connectivity index (χ0) is 13.1. The van der Waals surface area contributed by atoms with Crippen LogP contribution >= 0.6 is 15.9 Å². The molecule has 1 aromatic heterocycles. The van der Waals surface area contributed by atoms with Gasteiger partial charge in [-0.15, -0.1) is 0 Å². The van der Waals surface area contributed by atoms with Crippen molar-refractivity contribution in [3.63, 3.8) is 0 Å². The average molecular weight is 305 g/mol. The number of benzene rings is 1. The molecule has 0 fully saturated rings. The lowest BCUT2D eigenvalue weighted by atomic mass is 10.2. The molecule has 2 rings (SSSR count). The predicted molar refractivity (Wildman–Crippen MR) is 75.8 cm³/mol. The van der Waals surface area contributed by atoms with Gasteiger partial charge in [0.05, 0.1) is 0 Å². The maximum absolute atomic E-state index is 12.0. The van der Waals surface area contributed by atoms with Crippen LogP contribution in [0.1, 0.15) is 21.6 Å². The number of nitrogens with one attached hydrogen (secondary N) is 1. The maximum atomic E-state index is 12.0. The zero-order valence-electron chi connectivity index (χ0n) is 10.2. The van der Waals surface area contributed by atoms with E-state index in [1.165, 1.54) is 0 Å². The number of hydrogen-bond acceptors (Lipinski definition) is 2. The minimum atomic E-state index is -0.198. The topological polar surface area (TPSA) is 42.0 Å². The van der Waals surface area contributed by atoms with Gasteiger partial charge in [-0.3, -0.25) is 9.78 Å². The van der Waals surface area contributed by atoms with Crippen LogP contribution in [-0.2, 0) is 0 Å². The van der Waals surface area contributed by atoms with Crippen molar-refractivity contribution < 1.29 is 4.79 Å². The molecule has 3 nitrogen and oxygen atoms in total. The molecule has 1 amide bonds. The van der Waals surface area contributed by atoms with Crippen LogP contribution in [0.5, 0.6) is 0 Å². The van der Waals surface area contributed by atoms with Crippen LogP contribution in [0.4, 0.5) is 5.69 Å². The molecular formula is C14H13BrN2O. The average Bonchev–Trinajstić information content (AvgIpc) is 2.36.